The zero-order valence-corrected chi connectivity index (χ0v) is 9.61. The van der Waals surface area contributed by atoms with Crippen molar-refractivity contribution in [2.45, 2.75) is 32.6 Å². The summed E-state index contributed by atoms with van der Waals surface area (Å²) < 4.78 is 5.62. The molecule has 0 aliphatic rings. The molecule has 0 saturated heterocycles. The van der Waals surface area contributed by atoms with E-state index in [9.17, 15) is 4.79 Å². The van der Waals surface area contributed by atoms with E-state index in [1.807, 2.05) is 24.3 Å². The molecule has 16 heavy (non-hydrogen) atoms. The predicted molar refractivity (Wildman–Crippen MR) is 62.8 cm³/mol. The van der Waals surface area contributed by atoms with Gasteiger partial charge in [0.25, 0.3) is 0 Å². The molecule has 0 saturated carbocycles. The Morgan fingerprint density at radius 3 is 2.81 bits per heavy atom. The lowest BCUT2D eigenvalue weighted by Crippen LogP contribution is -2.02. The number of unbranched alkanes of at least 4 members (excludes halogenated alkanes) is 1. The summed E-state index contributed by atoms with van der Waals surface area (Å²) >= 11 is 0. The predicted octanol–water partition coefficient (Wildman–Crippen LogP) is 2.88. The molecule has 3 heteroatoms. The minimum absolute atomic E-state index is 0.147. The number of carboxylic acids is 1. The molecule has 88 valence electrons. The Bertz CT molecular complexity index is 334. The second-order valence-corrected chi connectivity index (χ2v) is 3.70. The smallest absolute Gasteiger partial charge is 0.303 e. The third-order valence-electron chi connectivity index (χ3n) is 2.34. The standard InChI is InChI=1S/C13H18O3/c1-2-3-10-16-12-7-5-4-6-11(12)8-9-13(14)15/h4-7H,2-3,8-10H2,1H3,(H,14,15). The van der Waals surface area contributed by atoms with E-state index < -0.39 is 5.97 Å². The molecular formula is C13H18O3. The molecule has 0 atom stereocenters. The van der Waals surface area contributed by atoms with E-state index in [-0.39, 0.29) is 6.42 Å². The van der Waals surface area contributed by atoms with Crippen molar-refractivity contribution in [2.24, 2.45) is 0 Å². The fourth-order valence-electron chi connectivity index (χ4n) is 1.42. The van der Waals surface area contributed by atoms with Crippen molar-refractivity contribution in [3.8, 4) is 5.75 Å². The van der Waals surface area contributed by atoms with Crippen LogP contribution in [0.1, 0.15) is 31.7 Å². The van der Waals surface area contributed by atoms with Gasteiger partial charge in [0.15, 0.2) is 0 Å². The van der Waals surface area contributed by atoms with Gasteiger partial charge in [0.1, 0.15) is 5.75 Å². The van der Waals surface area contributed by atoms with E-state index in [1.165, 1.54) is 0 Å². The molecule has 0 bridgehead atoms. The van der Waals surface area contributed by atoms with Crippen LogP contribution in [0.15, 0.2) is 24.3 Å². The number of aliphatic carboxylic acids is 1. The molecule has 0 unspecified atom stereocenters. The normalized spacial score (nSPS) is 10.1. The second-order valence-electron chi connectivity index (χ2n) is 3.70. The van der Waals surface area contributed by atoms with Crippen LogP contribution in [0.5, 0.6) is 5.75 Å². The van der Waals surface area contributed by atoms with Gasteiger partial charge in [0.2, 0.25) is 0 Å². The molecule has 0 spiro atoms. The highest BCUT2D eigenvalue weighted by Crippen LogP contribution is 2.19. The van der Waals surface area contributed by atoms with Crippen molar-refractivity contribution in [2.75, 3.05) is 6.61 Å². The van der Waals surface area contributed by atoms with Gasteiger partial charge >= 0.3 is 5.97 Å². The van der Waals surface area contributed by atoms with Crippen LogP contribution in [-0.4, -0.2) is 17.7 Å². The Morgan fingerprint density at radius 2 is 2.12 bits per heavy atom. The first-order chi connectivity index (χ1) is 7.74. The first-order valence-corrected chi connectivity index (χ1v) is 5.66. The highest BCUT2D eigenvalue weighted by atomic mass is 16.5. The van der Waals surface area contributed by atoms with Crippen LogP contribution in [0.3, 0.4) is 0 Å². The van der Waals surface area contributed by atoms with Crippen molar-refractivity contribution in [1.82, 2.24) is 0 Å². The zero-order valence-electron chi connectivity index (χ0n) is 9.61. The first kappa shape index (κ1) is 12.6. The Hall–Kier alpha value is -1.51. The second kappa shape index (κ2) is 6.88. The number of carboxylic acid groups (broad SMARTS) is 1. The van der Waals surface area contributed by atoms with Crippen LogP contribution in [-0.2, 0) is 11.2 Å². The van der Waals surface area contributed by atoms with Crippen molar-refractivity contribution in [3.63, 3.8) is 0 Å². The van der Waals surface area contributed by atoms with Crippen LogP contribution in [0.4, 0.5) is 0 Å². The SMILES string of the molecule is CCCCOc1ccccc1CCC(=O)O. The Labute approximate surface area is 96.1 Å². The van der Waals surface area contributed by atoms with Crippen LogP contribution in [0.25, 0.3) is 0 Å². The van der Waals surface area contributed by atoms with Crippen LogP contribution < -0.4 is 4.74 Å². The number of ether oxygens (including phenoxy) is 1. The molecular weight excluding hydrogens is 204 g/mol. The third kappa shape index (κ3) is 4.34. The summed E-state index contributed by atoms with van der Waals surface area (Å²) in [7, 11) is 0. The number of para-hydroxylation sites is 1. The van der Waals surface area contributed by atoms with Gasteiger partial charge in [-0.1, -0.05) is 31.5 Å². The maximum atomic E-state index is 10.5. The van der Waals surface area contributed by atoms with Crippen molar-refractivity contribution in [1.29, 1.82) is 0 Å². The summed E-state index contributed by atoms with van der Waals surface area (Å²) in [5.41, 5.74) is 0.973. The number of benzene rings is 1. The highest BCUT2D eigenvalue weighted by molar-refractivity contribution is 5.67. The average molecular weight is 222 g/mol. The summed E-state index contributed by atoms with van der Waals surface area (Å²) in [5.74, 6) is 0.0422. The minimum atomic E-state index is -0.775. The van der Waals surface area contributed by atoms with Crippen LogP contribution in [0.2, 0.25) is 0 Å². The molecule has 1 rings (SSSR count). The molecule has 0 fully saturated rings. The van der Waals surface area contributed by atoms with Gasteiger partial charge in [0.05, 0.1) is 6.61 Å². The van der Waals surface area contributed by atoms with Crippen molar-refractivity contribution in [3.05, 3.63) is 29.8 Å². The van der Waals surface area contributed by atoms with Gasteiger partial charge in [0, 0.05) is 6.42 Å². The molecule has 0 aliphatic carbocycles. The fraction of sp³-hybridized carbons (Fsp3) is 0.462. The number of rotatable bonds is 7. The number of hydrogen-bond acceptors (Lipinski definition) is 2. The summed E-state index contributed by atoms with van der Waals surface area (Å²) in [6.45, 7) is 2.81. The molecule has 3 nitrogen and oxygen atoms in total. The Morgan fingerprint density at radius 1 is 1.38 bits per heavy atom. The fourth-order valence-corrected chi connectivity index (χ4v) is 1.42. The molecule has 0 aromatic heterocycles. The summed E-state index contributed by atoms with van der Waals surface area (Å²) in [6.07, 6.45) is 2.79. The maximum absolute atomic E-state index is 10.5. The number of hydrogen-bond donors (Lipinski definition) is 1. The van der Waals surface area contributed by atoms with E-state index in [1.54, 1.807) is 0 Å². The van der Waals surface area contributed by atoms with Crippen molar-refractivity contribution < 1.29 is 14.6 Å². The number of carbonyl (C=O) groups is 1. The molecule has 0 aliphatic heterocycles. The lowest BCUT2D eigenvalue weighted by Gasteiger charge is -2.10. The van der Waals surface area contributed by atoms with Crippen LogP contribution in [0, 0.1) is 0 Å². The van der Waals surface area contributed by atoms with E-state index >= 15 is 0 Å². The third-order valence-corrected chi connectivity index (χ3v) is 2.34. The number of aryl methyl sites for hydroxylation is 1. The van der Waals surface area contributed by atoms with Crippen molar-refractivity contribution >= 4 is 5.97 Å². The van der Waals surface area contributed by atoms with E-state index in [4.69, 9.17) is 9.84 Å². The largest absolute Gasteiger partial charge is 0.493 e. The van der Waals surface area contributed by atoms with E-state index in [2.05, 4.69) is 6.92 Å². The zero-order chi connectivity index (χ0) is 11.8. The van der Waals surface area contributed by atoms with Gasteiger partial charge in [-0.2, -0.15) is 0 Å². The lowest BCUT2D eigenvalue weighted by atomic mass is 10.1. The Kier molecular flexibility index (Phi) is 5.40. The van der Waals surface area contributed by atoms with Gasteiger partial charge in [-0.15, -0.1) is 0 Å². The first-order valence-electron chi connectivity index (χ1n) is 5.66. The lowest BCUT2D eigenvalue weighted by molar-refractivity contribution is -0.136. The van der Waals surface area contributed by atoms with Gasteiger partial charge in [-0.25, -0.2) is 0 Å². The van der Waals surface area contributed by atoms with E-state index in [0.717, 1.165) is 24.2 Å². The molecule has 0 amide bonds. The average Bonchev–Trinajstić information content (AvgIpc) is 2.28. The topological polar surface area (TPSA) is 46.5 Å². The maximum Gasteiger partial charge on any atom is 0.303 e. The minimum Gasteiger partial charge on any atom is -0.493 e. The summed E-state index contributed by atoms with van der Waals surface area (Å²) in [6, 6.07) is 7.63. The highest BCUT2D eigenvalue weighted by Gasteiger charge is 2.05. The Balaban J connectivity index is 2.56. The quantitative estimate of drug-likeness (QED) is 0.721. The van der Waals surface area contributed by atoms with Gasteiger partial charge in [-0.05, 0) is 24.5 Å². The molecule has 1 N–H and O–H groups in total. The molecule has 0 radical (unpaired) electrons. The summed E-state index contributed by atoms with van der Waals surface area (Å²) in [5, 5.41) is 8.64. The molecule has 1 aromatic carbocycles. The summed E-state index contributed by atoms with van der Waals surface area (Å²) in [4.78, 5) is 10.5. The van der Waals surface area contributed by atoms with Crippen LogP contribution >= 0.6 is 0 Å². The monoisotopic (exact) mass is 222 g/mol. The molecule has 1 aromatic rings. The van der Waals surface area contributed by atoms with Gasteiger partial charge in [-0.3, -0.25) is 4.79 Å². The van der Waals surface area contributed by atoms with Gasteiger partial charge < -0.3 is 9.84 Å². The van der Waals surface area contributed by atoms with E-state index in [0.29, 0.717) is 13.0 Å². The molecule has 0 heterocycles.